The summed E-state index contributed by atoms with van der Waals surface area (Å²) in [5.41, 5.74) is 0.779. The Labute approximate surface area is 121 Å². The van der Waals surface area contributed by atoms with Crippen LogP contribution in [-0.4, -0.2) is 23.3 Å². The van der Waals surface area contributed by atoms with Gasteiger partial charge < -0.3 is 10.6 Å². The van der Waals surface area contributed by atoms with Gasteiger partial charge in [-0.15, -0.1) is 11.3 Å². The second-order valence-corrected chi connectivity index (χ2v) is 5.48. The van der Waals surface area contributed by atoms with Crippen LogP contribution in [0.4, 0.5) is 0 Å². The predicted molar refractivity (Wildman–Crippen MR) is 77.5 cm³/mol. The lowest BCUT2D eigenvalue weighted by molar-refractivity contribution is -0.120. The number of hydrogen-bond acceptors (Lipinski definition) is 4. The number of hydrogen-bond donors (Lipinski definition) is 2. The number of aromatic nitrogens is 1. The first-order chi connectivity index (χ1) is 9.65. The summed E-state index contributed by atoms with van der Waals surface area (Å²) in [6, 6.07) is 9.12. The van der Waals surface area contributed by atoms with Gasteiger partial charge in [0, 0.05) is 11.1 Å². The van der Waals surface area contributed by atoms with Gasteiger partial charge in [-0.1, -0.05) is 6.07 Å². The fourth-order valence-electron chi connectivity index (χ4n) is 1.56. The van der Waals surface area contributed by atoms with E-state index in [1.165, 1.54) is 11.3 Å². The third-order valence-electron chi connectivity index (χ3n) is 2.57. The molecule has 0 atom stereocenters. The van der Waals surface area contributed by atoms with Crippen LogP contribution in [0.5, 0.6) is 0 Å². The molecule has 6 heteroatoms. The zero-order chi connectivity index (χ0) is 14.4. The molecule has 0 unspecified atom stereocenters. The minimum atomic E-state index is -0.239. The smallest absolute Gasteiger partial charge is 0.261 e. The van der Waals surface area contributed by atoms with E-state index in [2.05, 4.69) is 15.6 Å². The molecule has 0 radical (unpaired) electrons. The normalized spacial score (nSPS) is 10.1. The number of amides is 2. The molecule has 0 bridgehead atoms. The zero-order valence-corrected chi connectivity index (χ0v) is 11.9. The SMILES string of the molecule is Cc1ccc(C(=O)NCC(=O)NCc2ccccn2)s1. The van der Waals surface area contributed by atoms with Crippen molar-refractivity contribution in [2.24, 2.45) is 0 Å². The van der Waals surface area contributed by atoms with Gasteiger partial charge in [0.15, 0.2) is 0 Å². The Balaban J connectivity index is 1.74. The van der Waals surface area contributed by atoms with E-state index in [1.54, 1.807) is 12.3 Å². The Kier molecular flexibility index (Phi) is 4.84. The largest absolute Gasteiger partial charge is 0.349 e. The Hall–Kier alpha value is -2.21. The van der Waals surface area contributed by atoms with Crippen molar-refractivity contribution in [2.75, 3.05) is 6.54 Å². The van der Waals surface area contributed by atoms with Crippen LogP contribution in [0.3, 0.4) is 0 Å². The third kappa shape index (κ3) is 4.17. The molecule has 2 N–H and O–H groups in total. The van der Waals surface area contributed by atoms with E-state index in [1.807, 2.05) is 31.2 Å². The Bertz CT molecular complexity index is 595. The van der Waals surface area contributed by atoms with Crippen molar-refractivity contribution >= 4 is 23.2 Å². The van der Waals surface area contributed by atoms with Gasteiger partial charge in [-0.05, 0) is 31.2 Å². The van der Waals surface area contributed by atoms with Crippen LogP contribution in [0.25, 0.3) is 0 Å². The molecular formula is C14H15N3O2S. The third-order valence-corrected chi connectivity index (χ3v) is 3.57. The van der Waals surface area contributed by atoms with Gasteiger partial charge in [0.1, 0.15) is 0 Å². The van der Waals surface area contributed by atoms with E-state index in [9.17, 15) is 9.59 Å². The van der Waals surface area contributed by atoms with E-state index in [0.717, 1.165) is 10.6 Å². The fraction of sp³-hybridized carbons (Fsp3) is 0.214. The highest BCUT2D eigenvalue weighted by Crippen LogP contribution is 2.14. The molecule has 2 heterocycles. The van der Waals surface area contributed by atoms with Crippen LogP contribution in [0.1, 0.15) is 20.2 Å². The van der Waals surface area contributed by atoms with Gasteiger partial charge in [-0.2, -0.15) is 0 Å². The molecule has 0 spiro atoms. The molecule has 2 aromatic rings. The van der Waals surface area contributed by atoms with E-state index in [4.69, 9.17) is 0 Å². The van der Waals surface area contributed by atoms with E-state index < -0.39 is 0 Å². The summed E-state index contributed by atoms with van der Waals surface area (Å²) in [7, 11) is 0. The van der Waals surface area contributed by atoms with Gasteiger partial charge >= 0.3 is 0 Å². The van der Waals surface area contributed by atoms with Crippen molar-refractivity contribution in [1.29, 1.82) is 0 Å². The van der Waals surface area contributed by atoms with Crippen molar-refractivity contribution in [3.05, 3.63) is 52.0 Å². The number of rotatable bonds is 5. The first-order valence-corrected chi connectivity index (χ1v) is 6.98. The first kappa shape index (κ1) is 14.2. The highest BCUT2D eigenvalue weighted by atomic mass is 32.1. The van der Waals surface area contributed by atoms with Gasteiger partial charge in [-0.3, -0.25) is 14.6 Å². The highest BCUT2D eigenvalue weighted by Gasteiger charge is 2.09. The molecule has 0 aliphatic rings. The van der Waals surface area contributed by atoms with Gasteiger partial charge in [0.25, 0.3) is 5.91 Å². The lowest BCUT2D eigenvalue weighted by Gasteiger charge is -2.05. The van der Waals surface area contributed by atoms with E-state index >= 15 is 0 Å². The molecule has 0 aliphatic carbocycles. The summed E-state index contributed by atoms with van der Waals surface area (Å²) in [6.07, 6.45) is 1.67. The number of carbonyl (C=O) groups is 2. The van der Waals surface area contributed by atoms with Crippen LogP contribution < -0.4 is 10.6 Å². The fourth-order valence-corrected chi connectivity index (χ4v) is 2.34. The van der Waals surface area contributed by atoms with E-state index in [0.29, 0.717) is 11.4 Å². The maximum Gasteiger partial charge on any atom is 0.261 e. The van der Waals surface area contributed by atoms with Crippen LogP contribution in [0.15, 0.2) is 36.5 Å². The molecule has 0 aromatic carbocycles. The summed E-state index contributed by atoms with van der Waals surface area (Å²) in [5.74, 6) is -0.464. The number of aryl methyl sites for hydroxylation is 1. The highest BCUT2D eigenvalue weighted by molar-refractivity contribution is 7.13. The average Bonchev–Trinajstić information content (AvgIpc) is 2.90. The molecule has 0 aliphatic heterocycles. The number of nitrogens with zero attached hydrogens (tertiary/aromatic N) is 1. The molecule has 2 amide bonds. The summed E-state index contributed by atoms with van der Waals surface area (Å²) >= 11 is 1.40. The minimum Gasteiger partial charge on any atom is -0.349 e. The van der Waals surface area contributed by atoms with Gasteiger partial charge in [0.05, 0.1) is 23.7 Å². The lowest BCUT2D eigenvalue weighted by atomic mass is 10.3. The van der Waals surface area contributed by atoms with Crippen molar-refractivity contribution in [3.63, 3.8) is 0 Å². The summed E-state index contributed by atoms with van der Waals surface area (Å²) in [5, 5.41) is 5.29. The second-order valence-electron chi connectivity index (χ2n) is 4.19. The Morgan fingerprint density at radius 1 is 1.20 bits per heavy atom. The molecule has 0 saturated heterocycles. The van der Waals surface area contributed by atoms with Crippen molar-refractivity contribution in [2.45, 2.75) is 13.5 Å². The van der Waals surface area contributed by atoms with Crippen LogP contribution in [0, 0.1) is 6.92 Å². The topological polar surface area (TPSA) is 71.1 Å². The molecule has 20 heavy (non-hydrogen) atoms. The number of pyridine rings is 1. The van der Waals surface area contributed by atoms with Crippen LogP contribution in [-0.2, 0) is 11.3 Å². The summed E-state index contributed by atoms with van der Waals surface area (Å²) < 4.78 is 0. The maximum absolute atomic E-state index is 11.7. The zero-order valence-electron chi connectivity index (χ0n) is 11.1. The number of thiophene rings is 1. The summed E-state index contributed by atoms with van der Waals surface area (Å²) in [6.45, 7) is 2.25. The molecule has 0 fully saturated rings. The van der Waals surface area contributed by atoms with Crippen molar-refractivity contribution in [3.8, 4) is 0 Å². The van der Waals surface area contributed by atoms with Gasteiger partial charge in [0.2, 0.25) is 5.91 Å². The quantitative estimate of drug-likeness (QED) is 0.876. The maximum atomic E-state index is 11.7. The van der Waals surface area contributed by atoms with Gasteiger partial charge in [-0.25, -0.2) is 0 Å². The average molecular weight is 289 g/mol. The van der Waals surface area contributed by atoms with E-state index in [-0.39, 0.29) is 18.4 Å². The van der Waals surface area contributed by atoms with Crippen molar-refractivity contribution < 1.29 is 9.59 Å². The predicted octanol–water partition coefficient (Wildman–Crippen LogP) is 1.50. The van der Waals surface area contributed by atoms with Crippen molar-refractivity contribution in [1.82, 2.24) is 15.6 Å². The number of nitrogens with one attached hydrogen (secondary N) is 2. The molecule has 104 valence electrons. The molecule has 2 aromatic heterocycles. The molecule has 2 rings (SSSR count). The molecular weight excluding hydrogens is 274 g/mol. The Morgan fingerprint density at radius 3 is 2.70 bits per heavy atom. The Morgan fingerprint density at radius 2 is 2.05 bits per heavy atom. The second kappa shape index (κ2) is 6.81. The lowest BCUT2D eigenvalue weighted by Crippen LogP contribution is -2.36. The standard InChI is InChI=1S/C14H15N3O2S/c1-10-5-6-12(20-10)14(19)17-9-13(18)16-8-11-4-2-3-7-15-11/h2-7H,8-9H2,1H3,(H,16,18)(H,17,19). The first-order valence-electron chi connectivity index (χ1n) is 6.16. The molecule has 5 nitrogen and oxygen atoms in total. The van der Waals surface area contributed by atoms with Crippen LogP contribution in [0.2, 0.25) is 0 Å². The molecule has 0 saturated carbocycles. The summed E-state index contributed by atoms with van der Waals surface area (Å²) in [4.78, 5) is 29.1. The number of carbonyl (C=O) groups excluding carboxylic acids is 2. The van der Waals surface area contributed by atoms with Crippen LogP contribution >= 0.6 is 11.3 Å². The monoisotopic (exact) mass is 289 g/mol. The minimum absolute atomic E-state index is 0.0391.